The van der Waals surface area contributed by atoms with E-state index < -0.39 is 5.97 Å². The van der Waals surface area contributed by atoms with Crippen molar-refractivity contribution < 1.29 is 14.7 Å². The molecule has 1 amide bonds. The number of carbonyl (C=O) groups is 2. The molecule has 1 aliphatic rings. The lowest BCUT2D eigenvalue weighted by Gasteiger charge is -2.00. The van der Waals surface area contributed by atoms with E-state index in [9.17, 15) is 9.59 Å². The highest BCUT2D eigenvalue weighted by Crippen LogP contribution is 2.31. The van der Waals surface area contributed by atoms with Crippen LogP contribution in [0.25, 0.3) is 12.2 Å². The van der Waals surface area contributed by atoms with Gasteiger partial charge in [0.1, 0.15) is 5.04 Å². The normalized spacial score (nSPS) is 15.9. The van der Waals surface area contributed by atoms with Crippen LogP contribution < -0.4 is 0 Å². The second kappa shape index (κ2) is 7.10. The van der Waals surface area contributed by atoms with E-state index in [2.05, 4.69) is 4.99 Å². The Morgan fingerprint density at radius 2 is 1.79 bits per heavy atom. The quantitative estimate of drug-likeness (QED) is 0.862. The number of carboxylic acid groups (broad SMARTS) is 1. The number of thioether (sulfide) groups is 1. The third-order valence-corrected chi connectivity index (χ3v) is 4.30. The molecule has 0 unspecified atom stereocenters. The van der Waals surface area contributed by atoms with Gasteiger partial charge in [-0.3, -0.25) is 4.79 Å². The summed E-state index contributed by atoms with van der Waals surface area (Å²) >= 11 is 1.34. The average Bonchev–Trinajstić information content (AvgIpc) is 2.95. The predicted octanol–water partition coefficient (Wildman–Crippen LogP) is 3.85. The summed E-state index contributed by atoms with van der Waals surface area (Å²) in [6.07, 6.45) is 4.36. The number of rotatable bonds is 4. The molecule has 0 spiro atoms. The van der Waals surface area contributed by atoms with Crippen LogP contribution in [-0.4, -0.2) is 22.0 Å². The van der Waals surface area contributed by atoms with Crippen LogP contribution in [0.3, 0.4) is 0 Å². The molecule has 0 bridgehead atoms. The van der Waals surface area contributed by atoms with E-state index in [1.165, 1.54) is 17.8 Å². The fourth-order valence-corrected chi connectivity index (χ4v) is 3.10. The molecule has 3 rings (SSSR count). The lowest BCUT2D eigenvalue weighted by Crippen LogP contribution is -1.89. The summed E-state index contributed by atoms with van der Waals surface area (Å²) < 4.78 is 0. The van der Waals surface area contributed by atoms with Gasteiger partial charge in [-0.2, -0.15) is 0 Å². The van der Waals surface area contributed by atoms with E-state index in [0.717, 1.165) is 22.8 Å². The first-order valence-electron chi connectivity index (χ1n) is 7.21. The number of amides is 1. The van der Waals surface area contributed by atoms with Crippen LogP contribution in [-0.2, 0) is 9.59 Å². The molecule has 1 aliphatic heterocycles. The van der Waals surface area contributed by atoms with Crippen molar-refractivity contribution in [3.8, 4) is 0 Å². The largest absolute Gasteiger partial charge is 0.478 e. The van der Waals surface area contributed by atoms with Crippen LogP contribution in [0.4, 0.5) is 0 Å². The lowest BCUT2D eigenvalue weighted by atomic mass is 10.1. The number of aliphatic carboxylic acids is 1. The van der Waals surface area contributed by atoms with Gasteiger partial charge in [-0.05, 0) is 29.3 Å². The fraction of sp³-hybridized carbons (Fsp3) is 0. The minimum absolute atomic E-state index is 0.259. The number of nitrogens with zero attached hydrogens (tertiary/aromatic N) is 1. The summed E-state index contributed by atoms with van der Waals surface area (Å²) in [5, 5.41) is 9.37. The smallest absolute Gasteiger partial charge is 0.328 e. The third-order valence-electron chi connectivity index (χ3n) is 3.27. The summed E-state index contributed by atoms with van der Waals surface area (Å²) in [5.41, 5.74) is 2.49. The molecule has 2 aromatic rings. The summed E-state index contributed by atoms with van der Waals surface area (Å²) in [4.78, 5) is 27.3. The van der Waals surface area contributed by atoms with E-state index in [0.29, 0.717) is 9.95 Å². The summed E-state index contributed by atoms with van der Waals surface area (Å²) in [6.45, 7) is 0. The highest BCUT2D eigenvalue weighted by molar-refractivity contribution is 8.19. The Morgan fingerprint density at radius 3 is 2.54 bits per heavy atom. The molecule has 5 heteroatoms. The molecule has 1 heterocycles. The average molecular weight is 335 g/mol. The van der Waals surface area contributed by atoms with Gasteiger partial charge >= 0.3 is 5.97 Å². The first-order chi connectivity index (χ1) is 11.6. The Labute approximate surface area is 143 Å². The molecule has 2 aromatic carbocycles. The minimum atomic E-state index is -0.999. The maximum Gasteiger partial charge on any atom is 0.328 e. The van der Waals surface area contributed by atoms with Crippen molar-refractivity contribution >= 4 is 40.8 Å². The second-order valence-electron chi connectivity index (χ2n) is 5.04. The van der Waals surface area contributed by atoms with Crippen molar-refractivity contribution in [3.63, 3.8) is 0 Å². The molecule has 4 nitrogen and oxygen atoms in total. The summed E-state index contributed by atoms with van der Waals surface area (Å²) in [6, 6.07) is 16.9. The van der Waals surface area contributed by atoms with Crippen molar-refractivity contribution in [2.45, 2.75) is 0 Å². The zero-order chi connectivity index (χ0) is 16.9. The third kappa shape index (κ3) is 3.88. The number of carboxylic acids is 1. The van der Waals surface area contributed by atoms with Gasteiger partial charge in [-0.25, -0.2) is 9.79 Å². The first kappa shape index (κ1) is 16.0. The van der Waals surface area contributed by atoms with Crippen LogP contribution in [0.1, 0.15) is 16.7 Å². The number of hydrogen-bond acceptors (Lipinski definition) is 3. The lowest BCUT2D eigenvalue weighted by molar-refractivity contribution is -0.131. The van der Waals surface area contributed by atoms with Gasteiger partial charge in [0.15, 0.2) is 0 Å². The van der Waals surface area contributed by atoms with Crippen LogP contribution in [0.5, 0.6) is 0 Å². The predicted molar refractivity (Wildman–Crippen MR) is 96.7 cm³/mol. The second-order valence-corrected chi connectivity index (χ2v) is 6.07. The Morgan fingerprint density at radius 1 is 1.04 bits per heavy atom. The van der Waals surface area contributed by atoms with E-state index in [1.807, 2.05) is 48.5 Å². The molecular weight excluding hydrogens is 322 g/mol. The van der Waals surface area contributed by atoms with Gasteiger partial charge in [-0.1, -0.05) is 60.3 Å². The Hall–Kier alpha value is -2.92. The fourth-order valence-electron chi connectivity index (χ4n) is 2.18. The van der Waals surface area contributed by atoms with Crippen LogP contribution >= 0.6 is 11.8 Å². The van der Waals surface area contributed by atoms with Crippen molar-refractivity contribution in [2.24, 2.45) is 4.99 Å². The molecule has 0 saturated heterocycles. The van der Waals surface area contributed by atoms with Gasteiger partial charge in [0.05, 0.1) is 4.91 Å². The van der Waals surface area contributed by atoms with Gasteiger partial charge in [-0.15, -0.1) is 0 Å². The highest BCUT2D eigenvalue weighted by Gasteiger charge is 2.22. The highest BCUT2D eigenvalue weighted by atomic mass is 32.2. The molecule has 0 atom stereocenters. The van der Waals surface area contributed by atoms with E-state index in [4.69, 9.17) is 5.11 Å². The maximum atomic E-state index is 12.1. The SMILES string of the molecule is O=C(O)/C=C/c1cccc(/C=C2\SC(c3ccccc3)=NC2=O)c1. The molecule has 0 radical (unpaired) electrons. The molecule has 1 N–H and O–H groups in total. The zero-order valence-electron chi connectivity index (χ0n) is 12.5. The summed E-state index contributed by atoms with van der Waals surface area (Å²) in [5.74, 6) is -1.26. The standard InChI is InChI=1S/C19H13NO3S/c21-17(22)10-9-13-5-4-6-14(11-13)12-16-18(23)20-19(24-16)15-7-2-1-3-8-15/h1-12H,(H,21,22)/b10-9+,16-12-. The molecule has 0 aromatic heterocycles. The molecule has 0 aliphatic carbocycles. The van der Waals surface area contributed by atoms with Gasteiger partial charge < -0.3 is 5.11 Å². The molecule has 0 fully saturated rings. The Balaban J connectivity index is 1.82. The van der Waals surface area contributed by atoms with Crippen molar-refractivity contribution in [1.82, 2.24) is 0 Å². The van der Waals surface area contributed by atoms with Crippen molar-refractivity contribution in [1.29, 1.82) is 0 Å². The van der Waals surface area contributed by atoms with Gasteiger partial charge in [0.25, 0.3) is 5.91 Å². The number of hydrogen-bond donors (Lipinski definition) is 1. The minimum Gasteiger partial charge on any atom is -0.478 e. The van der Waals surface area contributed by atoms with E-state index in [1.54, 1.807) is 12.1 Å². The molecule has 0 saturated carbocycles. The van der Waals surface area contributed by atoms with E-state index in [-0.39, 0.29) is 5.91 Å². The Kier molecular flexibility index (Phi) is 4.72. The van der Waals surface area contributed by atoms with Crippen LogP contribution in [0, 0.1) is 0 Å². The molecule has 24 heavy (non-hydrogen) atoms. The number of carbonyl (C=O) groups excluding carboxylic acids is 1. The van der Waals surface area contributed by atoms with Crippen molar-refractivity contribution in [3.05, 3.63) is 82.3 Å². The Bertz CT molecular complexity index is 882. The number of aliphatic imine (C=N–C) groups is 1. The molecular formula is C19H13NO3S. The summed E-state index contributed by atoms with van der Waals surface area (Å²) in [7, 11) is 0. The number of benzene rings is 2. The maximum absolute atomic E-state index is 12.1. The van der Waals surface area contributed by atoms with Crippen LogP contribution in [0.2, 0.25) is 0 Å². The van der Waals surface area contributed by atoms with Crippen LogP contribution in [0.15, 0.2) is 70.6 Å². The first-order valence-corrected chi connectivity index (χ1v) is 8.02. The van der Waals surface area contributed by atoms with Crippen molar-refractivity contribution in [2.75, 3.05) is 0 Å². The van der Waals surface area contributed by atoms with Gasteiger partial charge in [0.2, 0.25) is 0 Å². The zero-order valence-corrected chi connectivity index (χ0v) is 13.4. The monoisotopic (exact) mass is 335 g/mol. The topological polar surface area (TPSA) is 66.7 Å². The molecule has 118 valence electrons. The van der Waals surface area contributed by atoms with Gasteiger partial charge in [0, 0.05) is 11.6 Å². The van der Waals surface area contributed by atoms with E-state index >= 15 is 0 Å².